The first kappa shape index (κ1) is 22.1. The number of anilines is 2. The van der Waals surface area contributed by atoms with Crippen LogP contribution in [0.1, 0.15) is 18.4 Å². The maximum absolute atomic E-state index is 13.9. The lowest BCUT2D eigenvalue weighted by molar-refractivity contribution is -0.139. The van der Waals surface area contributed by atoms with Gasteiger partial charge in [-0.1, -0.05) is 18.2 Å². The second-order valence-electron chi connectivity index (χ2n) is 7.69. The van der Waals surface area contributed by atoms with E-state index in [1.54, 1.807) is 29.3 Å². The van der Waals surface area contributed by atoms with Crippen molar-refractivity contribution in [3.8, 4) is 0 Å². The van der Waals surface area contributed by atoms with Crippen molar-refractivity contribution in [2.45, 2.75) is 23.9 Å². The summed E-state index contributed by atoms with van der Waals surface area (Å²) >= 11 is 0. The minimum Gasteiger partial charge on any atom is -0.379 e. The first-order valence-electron chi connectivity index (χ1n) is 10.1. The van der Waals surface area contributed by atoms with Gasteiger partial charge in [-0.25, -0.2) is 18.1 Å². The lowest BCUT2D eigenvalue weighted by atomic mass is 10.1. The van der Waals surface area contributed by atoms with Crippen molar-refractivity contribution in [3.63, 3.8) is 0 Å². The topological polar surface area (TPSA) is 61.9 Å². The summed E-state index contributed by atoms with van der Waals surface area (Å²) in [7, 11) is -4.28. The van der Waals surface area contributed by atoms with Crippen LogP contribution in [0.4, 0.5) is 24.5 Å². The molecule has 2 aromatic carbocycles. The van der Waals surface area contributed by atoms with Crippen LogP contribution >= 0.6 is 0 Å². The number of nitrogens with one attached hydrogen (secondary N) is 1. The molecule has 0 unspecified atom stereocenters. The van der Waals surface area contributed by atoms with Gasteiger partial charge in [0.15, 0.2) is 0 Å². The minimum absolute atomic E-state index is 0.158. The summed E-state index contributed by atoms with van der Waals surface area (Å²) in [6.45, 7) is 2.06. The molecule has 2 aromatic rings. The van der Waals surface area contributed by atoms with Crippen LogP contribution in [-0.4, -0.2) is 46.3 Å². The van der Waals surface area contributed by atoms with Gasteiger partial charge >= 0.3 is 6.18 Å². The number of ether oxygens (including phenoxy) is 1. The maximum Gasteiger partial charge on any atom is 0.417 e. The Hall–Kier alpha value is -2.14. The number of sulfonamides is 1. The summed E-state index contributed by atoms with van der Waals surface area (Å²) in [6.07, 6.45) is -3.05. The van der Waals surface area contributed by atoms with Crippen LogP contribution in [0.5, 0.6) is 0 Å². The van der Waals surface area contributed by atoms with Crippen LogP contribution in [-0.2, 0) is 20.9 Å². The van der Waals surface area contributed by atoms with E-state index in [4.69, 9.17) is 4.74 Å². The van der Waals surface area contributed by atoms with Crippen molar-refractivity contribution in [1.29, 1.82) is 0 Å². The number of hydrogen-bond donors (Lipinski definition) is 1. The van der Waals surface area contributed by atoms with Gasteiger partial charge in [0, 0.05) is 19.6 Å². The molecule has 4 rings (SSSR count). The number of nitrogens with zero attached hydrogens (tertiary/aromatic N) is 2. The summed E-state index contributed by atoms with van der Waals surface area (Å²) in [5.41, 5.74) is -0.260. The molecule has 0 aromatic heterocycles. The predicted octanol–water partition coefficient (Wildman–Crippen LogP) is 3.78. The lowest BCUT2D eigenvalue weighted by Crippen LogP contribution is -2.46. The van der Waals surface area contributed by atoms with E-state index in [0.29, 0.717) is 32.0 Å². The van der Waals surface area contributed by atoms with E-state index >= 15 is 0 Å². The summed E-state index contributed by atoms with van der Waals surface area (Å²) in [4.78, 5) is -0.751. The highest BCUT2D eigenvalue weighted by Crippen LogP contribution is 2.39. The molecular weight excluding hydrogens is 431 g/mol. The molecule has 1 aliphatic heterocycles. The van der Waals surface area contributed by atoms with Gasteiger partial charge in [0.05, 0.1) is 35.0 Å². The average Bonchev–Trinajstić information content (AvgIpc) is 3.58. The van der Waals surface area contributed by atoms with Gasteiger partial charge in [-0.15, -0.1) is 0 Å². The molecular formula is C21H24F3N3O3S. The third-order valence-electron chi connectivity index (χ3n) is 5.33. The molecule has 2 aliphatic rings. The monoisotopic (exact) mass is 455 g/mol. The minimum atomic E-state index is -4.83. The number of halogens is 3. The zero-order chi connectivity index (χ0) is 22.1. The Bertz CT molecular complexity index is 1010. The van der Waals surface area contributed by atoms with Crippen molar-refractivity contribution >= 4 is 21.4 Å². The van der Waals surface area contributed by atoms with Gasteiger partial charge in [-0.05, 0) is 49.1 Å². The second-order valence-corrected chi connectivity index (χ2v) is 9.42. The Morgan fingerprint density at radius 2 is 1.71 bits per heavy atom. The first-order valence-corrected chi connectivity index (χ1v) is 11.6. The summed E-state index contributed by atoms with van der Waals surface area (Å²) in [6, 6.07) is 12.4. The van der Waals surface area contributed by atoms with Crippen LogP contribution in [0.2, 0.25) is 0 Å². The molecule has 0 amide bonds. The van der Waals surface area contributed by atoms with Crippen molar-refractivity contribution < 1.29 is 26.3 Å². The summed E-state index contributed by atoms with van der Waals surface area (Å²) in [5, 5.41) is 3.58. The number of para-hydroxylation sites is 1. The van der Waals surface area contributed by atoms with Crippen LogP contribution < -0.4 is 9.73 Å². The number of hydrogen-bond acceptors (Lipinski definition) is 5. The first-order chi connectivity index (χ1) is 14.8. The number of morpholine rings is 1. The molecule has 0 bridgehead atoms. The lowest BCUT2D eigenvalue weighted by Gasteiger charge is -2.39. The van der Waals surface area contributed by atoms with Gasteiger partial charge in [0.1, 0.15) is 0 Å². The van der Waals surface area contributed by atoms with Gasteiger partial charge < -0.3 is 4.74 Å². The van der Waals surface area contributed by atoms with Gasteiger partial charge in [0.25, 0.3) is 0 Å². The normalized spacial score (nSPS) is 18.2. The molecule has 31 heavy (non-hydrogen) atoms. The van der Waals surface area contributed by atoms with E-state index in [1.807, 2.05) is 11.1 Å². The highest BCUT2D eigenvalue weighted by atomic mass is 32.2. The van der Waals surface area contributed by atoms with Gasteiger partial charge in [0.2, 0.25) is 10.0 Å². The second kappa shape index (κ2) is 8.78. The van der Waals surface area contributed by atoms with E-state index < -0.39 is 26.7 Å². The molecule has 168 valence electrons. The Morgan fingerprint density at radius 3 is 2.32 bits per heavy atom. The van der Waals surface area contributed by atoms with E-state index in [0.717, 1.165) is 25.0 Å². The molecule has 1 N–H and O–H groups in total. The van der Waals surface area contributed by atoms with Crippen molar-refractivity contribution in [3.05, 3.63) is 54.1 Å². The number of rotatable bonds is 7. The Morgan fingerprint density at radius 1 is 1.03 bits per heavy atom. The molecule has 1 saturated carbocycles. The molecule has 2 fully saturated rings. The largest absolute Gasteiger partial charge is 0.417 e. The fourth-order valence-electron chi connectivity index (χ4n) is 3.53. The molecule has 1 saturated heterocycles. The Balaban J connectivity index is 1.75. The van der Waals surface area contributed by atoms with Crippen molar-refractivity contribution in [2.75, 3.05) is 37.9 Å². The van der Waals surface area contributed by atoms with E-state index in [1.165, 1.54) is 6.07 Å². The molecule has 1 aliphatic carbocycles. The molecule has 6 nitrogen and oxygen atoms in total. The molecule has 1 heterocycles. The summed E-state index contributed by atoms with van der Waals surface area (Å²) in [5.74, 6) is 0.207. The summed E-state index contributed by atoms with van der Waals surface area (Å²) < 4.78 is 74.8. The van der Waals surface area contributed by atoms with E-state index in [2.05, 4.69) is 4.72 Å². The van der Waals surface area contributed by atoms with Gasteiger partial charge in [-0.2, -0.15) is 13.2 Å². The van der Waals surface area contributed by atoms with E-state index in [-0.39, 0.29) is 18.2 Å². The molecule has 10 heteroatoms. The smallest absolute Gasteiger partial charge is 0.379 e. The SMILES string of the molecule is O=S(=O)(NCC1CC1)c1ccc(N(c2ccccc2)N2CCOCC2)cc1C(F)(F)F. The van der Waals surface area contributed by atoms with Crippen molar-refractivity contribution in [2.24, 2.45) is 5.92 Å². The third-order valence-corrected chi connectivity index (χ3v) is 6.81. The average molecular weight is 456 g/mol. The molecule has 0 radical (unpaired) electrons. The maximum atomic E-state index is 13.9. The highest BCUT2D eigenvalue weighted by molar-refractivity contribution is 7.89. The fraction of sp³-hybridized carbons (Fsp3) is 0.429. The number of hydrazine groups is 1. The molecule has 0 atom stereocenters. The van der Waals surface area contributed by atoms with Crippen molar-refractivity contribution in [1.82, 2.24) is 9.73 Å². The fourth-order valence-corrected chi connectivity index (χ4v) is 4.85. The molecule has 0 spiro atoms. The van der Waals surface area contributed by atoms with Crippen LogP contribution in [0.25, 0.3) is 0 Å². The zero-order valence-corrected chi connectivity index (χ0v) is 17.6. The van der Waals surface area contributed by atoms with Crippen LogP contribution in [0.15, 0.2) is 53.4 Å². The quantitative estimate of drug-likeness (QED) is 0.689. The predicted molar refractivity (Wildman–Crippen MR) is 110 cm³/mol. The third kappa shape index (κ3) is 5.20. The number of alkyl halides is 3. The standard InChI is InChI=1S/C21H24F3N3O3S/c22-21(23,24)19-14-18(8-9-20(19)31(28,29)25-15-16-6-7-16)27(17-4-2-1-3-5-17)26-10-12-30-13-11-26/h1-5,8-9,14,16,25H,6-7,10-13,15H2. The van der Waals surface area contributed by atoms with E-state index in [9.17, 15) is 21.6 Å². The zero-order valence-electron chi connectivity index (χ0n) is 16.8. The van der Waals surface area contributed by atoms with Crippen LogP contribution in [0.3, 0.4) is 0 Å². The van der Waals surface area contributed by atoms with Crippen LogP contribution in [0, 0.1) is 5.92 Å². The Kier molecular flexibility index (Phi) is 6.25. The van der Waals surface area contributed by atoms with Gasteiger partial charge in [-0.3, -0.25) is 5.01 Å². The highest BCUT2D eigenvalue weighted by Gasteiger charge is 2.39. The number of benzene rings is 2. The Labute approximate surface area is 179 Å².